The number of hydrogen-bond acceptors (Lipinski definition) is 1. The van der Waals surface area contributed by atoms with Gasteiger partial charge >= 0.3 is 0 Å². The lowest BCUT2D eigenvalue weighted by atomic mass is 10.0. The first-order chi connectivity index (χ1) is 8.15. The van der Waals surface area contributed by atoms with Gasteiger partial charge in [-0.2, -0.15) is 0 Å². The number of halogens is 1. The van der Waals surface area contributed by atoms with Crippen molar-refractivity contribution < 1.29 is 4.79 Å². The van der Waals surface area contributed by atoms with Crippen molar-refractivity contribution in [3.8, 4) is 11.1 Å². The third kappa shape index (κ3) is 3.17. The highest BCUT2D eigenvalue weighted by atomic mass is 79.9. The third-order valence-electron chi connectivity index (χ3n) is 2.51. The van der Waals surface area contributed by atoms with Crippen LogP contribution in [0.1, 0.15) is 5.56 Å². The molecule has 2 aromatic rings. The van der Waals surface area contributed by atoms with E-state index in [4.69, 9.17) is 5.73 Å². The molecule has 0 atom stereocenters. The van der Waals surface area contributed by atoms with Gasteiger partial charge in [0.15, 0.2) is 0 Å². The first-order valence-corrected chi connectivity index (χ1v) is 6.07. The number of hydrogen-bond donors (Lipinski definition) is 1. The molecule has 2 N–H and O–H groups in total. The summed E-state index contributed by atoms with van der Waals surface area (Å²) >= 11 is 3.41. The predicted octanol–water partition coefficient (Wildman–Crippen LogP) is 3.14. The second-order valence-corrected chi connectivity index (χ2v) is 4.76. The first-order valence-electron chi connectivity index (χ1n) is 5.28. The molecule has 0 aliphatic heterocycles. The summed E-state index contributed by atoms with van der Waals surface area (Å²) in [6, 6.07) is 16.0. The highest BCUT2D eigenvalue weighted by Crippen LogP contribution is 2.22. The number of amides is 1. The normalized spacial score (nSPS) is 10.2. The van der Waals surface area contributed by atoms with Gasteiger partial charge in [0.25, 0.3) is 0 Å². The van der Waals surface area contributed by atoms with Crippen molar-refractivity contribution >= 4 is 21.8 Å². The van der Waals surface area contributed by atoms with Crippen LogP contribution in [0.4, 0.5) is 0 Å². The number of benzene rings is 2. The fourth-order valence-corrected chi connectivity index (χ4v) is 1.92. The Morgan fingerprint density at radius 1 is 0.941 bits per heavy atom. The van der Waals surface area contributed by atoms with Gasteiger partial charge in [-0.3, -0.25) is 4.79 Å². The second kappa shape index (κ2) is 5.15. The van der Waals surface area contributed by atoms with E-state index < -0.39 is 0 Å². The highest BCUT2D eigenvalue weighted by molar-refractivity contribution is 9.10. The van der Waals surface area contributed by atoms with Crippen LogP contribution < -0.4 is 5.73 Å². The fraction of sp³-hybridized carbons (Fsp3) is 0.0714. The van der Waals surface area contributed by atoms with Gasteiger partial charge in [0.05, 0.1) is 6.42 Å². The van der Waals surface area contributed by atoms with E-state index in [1.165, 1.54) is 0 Å². The summed E-state index contributed by atoms with van der Waals surface area (Å²) in [7, 11) is 0. The van der Waals surface area contributed by atoms with Crippen molar-refractivity contribution in [3.63, 3.8) is 0 Å². The molecule has 0 bridgehead atoms. The molecule has 0 aliphatic rings. The van der Waals surface area contributed by atoms with Gasteiger partial charge < -0.3 is 5.73 Å². The number of nitrogens with two attached hydrogens (primary N) is 1. The first kappa shape index (κ1) is 11.9. The molecule has 0 saturated heterocycles. The largest absolute Gasteiger partial charge is 0.369 e. The van der Waals surface area contributed by atoms with Gasteiger partial charge in [-0.05, 0) is 28.8 Å². The SMILES string of the molecule is NC(=O)Cc1ccc(-c2ccc(Br)cc2)cc1. The van der Waals surface area contributed by atoms with Crippen LogP contribution in [0.2, 0.25) is 0 Å². The van der Waals surface area contributed by atoms with E-state index in [0.29, 0.717) is 6.42 Å². The molecule has 0 aliphatic carbocycles. The molecule has 2 nitrogen and oxygen atoms in total. The van der Waals surface area contributed by atoms with Crippen LogP contribution in [0, 0.1) is 0 Å². The summed E-state index contributed by atoms with van der Waals surface area (Å²) in [6.45, 7) is 0. The van der Waals surface area contributed by atoms with E-state index in [0.717, 1.165) is 21.2 Å². The molecule has 17 heavy (non-hydrogen) atoms. The standard InChI is InChI=1S/C14H12BrNO/c15-13-7-5-12(6-8-13)11-3-1-10(2-4-11)9-14(16)17/h1-8H,9H2,(H2,16,17). The minimum absolute atomic E-state index is 0.292. The maximum atomic E-state index is 10.8. The quantitative estimate of drug-likeness (QED) is 0.927. The van der Waals surface area contributed by atoms with Crippen LogP contribution in [0.25, 0.3) is 11.1 Å². The lowest BCUT2D eigenvalue weighted by Crippen LogP contribution is -2.13. The van der Waals surface area contributed by atoms with Gasteiger partial charge in [0.2, 0.25) is 5.91 Å². The summed E-state index contributed by atoms with van der Waals surface area (Å²) in [5.74, 6) is -0.304. The zero-order valence-electron chi connectivity index (χ0n) is 9.19. The van der Waals surface area contributed by atoms with E-state index in [2.05, 4.69) is 15.9 Å². The summed E-state index contributed by atoms with van der Waals surface area (Å²) < 4.78 is 1.06. The van der Waals surface area contributed by atoms with Gasteiger partial charge in [0.1, 0.15) is 0 Å². The molecule has 0 saturated carbocycles. The minimum atomic E-state index is -0.304. The smallest absolute Gasteiger partial charge is 0.221 e. The lowest BCUT2D eigenvalue weighted by molar-refractivity contribution is -0.117. The Bertz CT molecular complexity index is 517. The molecule has 0 unspecified atom stereocenters. The van der Waals surface area contributed by atoms with Crippen molar-refractivity contribution in [1.29, 1.82) is 0 Å². The number of primary amides is 1. The van der Waals surface area contributed by atoms with E-state index in [1.54, 1.807) is 0 Å². The van der Waals surface area contributed by atoms with Crippen LogP contribution >= 0.6 is 15.9 Å². The van der Waals surface area contributed by atoms with Gasteiger partial charge in [-0.1, -0.05) is 52.3 Å². The molecular formula is C14H12BrNO. The van der Waals surface area contributed by atoms with E-state index in [1.807, 2.05) is 48.5 Å². The van der Waals surface area contributed by atoms with Crippen molar-refractivity contribution in [2.24, 2.45) is 5.73 Å². The van der Waals surface area contributed by atoms with Crippen LogP contribution in [0.3, 0.4) is 0 Å². The van der Waals surface area contributed by atoms with Crippen LogP contribution in [0.15, 0.2) is 53.0 Å². The van der Waals surface area contributed by atoms with Crippen LogP contribution in [-0.4, -0.2) is 5.91 Å². The van der Waals surface area contributed by atoms with Gasteiger partial charge in [-0.15, -0.1) is 0 Å². The molecule has 0 aromatic heterocycles. The third-order valence-corrected chi connectivity index (χ3v) is 3.04. The summed E-state index contributed by atoms with van der Waals surface area (Å²) in [5.41, 5.74) is 8.37. The Kier molecular flexibility index (Phi) is 3.59. The topological polar surface area (TPSA) is 43.1 Å². The molecule has 0 fully saturated rings. The van der Waals surface area contributed by atoms with E-state index in [9.17, 15) is 4.79 Å². The van der Waals surface area contributed by atoms with Crippen molar-refractivity contribution in [2.45, 2.75) is 6.42 Å². The maximum absolute atomic E-state index is 10.8. The number of carbonyl (C=O) groups excluding carboxylic acids is 1. The number of rotatable bonds is 3. The Labute approximate surface area is 109 Å². The average Bonchev–Trinajstić information content (AvgIpc) is 2.30. The van der Waals surface area contributed by atoms with Crippen molar-refractivity contribution in [2.75, 3.05) is 0 Å². The molecule has 1 amide bonds. The van der Waals surface area contributed by atoms with Crippen LogP contribution in [0.5, 0.6) is 0 Å². The zero-order chi connectivity index (χ0) is 12.3. The Morgan fingerprint density at radius 2 is 1.41 bits per heavy atom. The molecule has 3 heteroatoms. The molecule has 0 heterocycles. The predicted molar refractivity (Wildman–Crippen MR) is 72.5 cm³/mol. The maximum Gasteiger partial charge on any atom is 0.221 e. The van der Waals surface area contributed by atoms with E-state index >= 15 is 0 Å². The summed E-state index contributed by atoms with van der Waals surface area (Å²) in [4.78, 5) is 10.8. The Balaban J connectivity index is 2.23. The Hall–Kier alpha value is -1.61. The molecule has 2 rings (SSSR count). The van der Waals surface area contributed by atoms with E-state index in [-0.39, 0.29) is 5.91 Å². The zero-order valence-corrected chi connectivity index (χ0v) is 10.8. The fourth-order valence-electron chi connectivity index (χ4n) is 1.66. The monoisotopic (exact) mass is 289 g/mol. The van der Waals surface area contributed by atoms with Crippen LogP contribution in [-0.2, 0) is 11.2 Å². The second-order valence-electron chi connectivity index (χ2n) is 3.85. The molecule has 2 aromatic carbocycles. The molecule has 86 valence electrons. The van der Waals surface area contributed by atoms with Gasteiger partial charge in [-0.25, -0.2) is 0 Å². The molecular weight excluding hydrogens is 278 g/mol. The highest BCUT2D eigenvalue weighted by Gasteiger charge is 2.00. The molecule has 0 radical (unpaired) electrons. The van der Waals surface area contributed by atoms with Gasteiger partial charge in [0, 0.05) is 4.47 Å². The number of carbonyl (C=O) groups is 1. The molecule has 0 spiro atoms. The lowest BCUT2D eigenvalue weighted by Gasteiger charge is -2.03. The van der Waals surface area contributed by atoms with Crippen molar-refractivity contribution in [3.05, 3.63) is 58.6 Å². The minimum Gasteiger partial charge on any atom is -0.369 e. The average molecular weight is 290 g/mol. The summed E-state index contributed by atoms with van der Waals surface area (Å²) in [5, 5.41) is 0. The Morgan fingerprint density at radius 3 is 1.88 bits per heavy atom. The van der Waals surface area contributed by atoms with Crippen molar-refractivity contribution in [1.82, 2.24) is 0 Å². The summed E-state index contributed by atoms with van der Waals surface area (Å²) in [6.07, 6.45) is 0.292.